The lowest BCUT2D eigenvalue weighted by atomic mass is 9.76. The van der Waals surface area contributed by atoms with Gasteiger partial charge >= 0.3 is 5.97 Å². The summed E-state index contributed by atoms with van der Waals surface area (Å²) in [5.74, 6) is -0.882. The van der Waals surface area contributed by atoms with Crippen molar-refractivity contribution < 1.29 is 14.3 Å². The van der Waals surface area contributed by atoms with E-state index in [9.17, 15) is 9.59 Å². The van der Waals surface area contributed by atoms with E-state index in [1.807, 2.05) is 18.2 Å². The Morgan fingerprint density at radius 3 is 2.48 bits per heavy atom. The van der Waals surface area contributed by atoms with Crippen molar-refractivity contribution in [3.05, 3.63) is 99.6 Å². The molecule has 0 radical (unpaired) electrons. The average molecular weight is 329 g/mol. The molecule has 120 valence electrons. The van der Waals surface area contributed by atoms with Gasteiger partial charge in [0, 0.05) is 21.6 Å². The fourth-order valence-electron chi connectivity index (χ4n) is 3.32. The zero-order valence-corrected chi connectivity index (χ0v) is 12.9. The van der Waals surface area contributed by atoms with Gasteiger partial charge in [0.15, 0.2) is 11.4 Å². The summed E-state index contributed by atoms with van der Waals surface area (Å²) in [4.78, 5) is 27.4. The molecule has 0 saturated carbocycles. The molecular formula is C19H11N3O3. The topological polar surface area (TPSA) is 92.1 Å². The van der Waals surface area contributed by atoms with Crippen LogP contribution in [0.15, 0.2) is 77.6 Å². The van der Waals surface area contributed by atoms with Crippen molar-refractivity contribution in [2.45, 2.75) is 5.60 Å². The van der Waals surface area contributed by atoms with E-state index >= 15 is 0 Å². The monoisotopic (exact) mass is 329 g/mol. The fraction of sp³-hybridized carbons (Fsp3) is 0.0526. The highest BCUT2D eigenvalue weighted by Crippen LogP contribution is 2.50. The minimum Gasteiger partial charge on any atom is -0.441 e. The molecule has 4 rings (SSSR count). The predicted molar refractivity (Wildman–Crippen MR) is 90.2 cm³/mol. The standard InChI is InChI=1S/C19H11N3O3/c20-22-21-17-16(12-6-2-1-3-7-12)19(25-18(17)24)11-10-15(23)13-8-4-5-9-14(13)19/h1-11H. The molecule has 25 heavy (non-hydrogen) atoms. The van der Waals surface area contributed by atoms with Crippen molar-refractivity contribution in [2.24, 2.45) is 5.11 Å². The molecule has 0 amide bonds. The molecule has 2 aliphatic rings. The van der Waals surface area contributed by atoms with Gasteiger partial charge in [-0.05, 0) is 23.2 Å². The predicted octanol–water partition coefficient (Wildman–Crippen LogP) is 3.91. The minimum atomic E-state index is -1.29. The Morgan fingerprint density at radius 1 is 1.00 bits per heavy atom. The van der Waals surface area contributed by atoms with Gasteiger partial charge in [-0.3, -0.25) is 4.79 Å². The average Bonchev–Trinajstić information content (AvgIpc) is 2.92. The van der Waals surface area contributed by atoms with Gasteiger partial charge < -0.3 is 4.74 Å². The first-order valence-electron chi connectivity index (χ1n) is 7.59. The zero-order chi connectivity index (χ0) is 17.4. The molecule has 0 N–H and O–H groups in total. The number of nitrogens with zero attached hydrogens (tertiary/aromatic N) is 3. The van der Waals surface area contributed by atoms with E-state index in [4.69, 9.17) is 10.3 Å². The number of rotatable bonds is 2. The minimum absolute atomic E-state index is 0.0949. The molecule has 1 heterocycles. The fourth-order valence-corrected chi connectivity index (χ4v) is 3.32. The second kappa shape index (κ2) is 5.47. The van der Waals surface area contributed by atoms with Crippen LogP contribution in [0.25, 0.3) is 16.0 Å². The molecule has 6 heteroatoms. The Kier molecular flexibility index (Phi) is 3.27. The van der Waals surface area contributed by atoms with Crippen molar-refractivity contribution in [3.63, 3.8) is 0 Å². The van der Waals surface area contributed by atoms with Gasteiger partial charge in [0.25, 0.3) is 0 Å². The van der Waals surface area contributed by atoms with Crippen molar-refractivity contribution >= 4 is 17.3 Å². The molecule has 0 fully saturated rings. The number of hydrogen-bond donors (Lipinski definition) is 0. The van der Waals surface area contributed by atoms with Crippen LogP contribution in [0.5, 0.6) is 0 Å². The first-order chi connectivity index (χ1) is 12.2. The van der Waals surface area contributed by atoms with Gasteiger partial charge in [-0.2, -0.15) is 0 Å². The molecule has 0 bridgehead atoms. The molecule has 6 nitrogen and oxygen atoms in total. The van der Waals surface area contributed by atoms with Crippen LogP contribution in [0.1, 0.15) is 21.5 Å². The largest absolute Gasteiger partial charge is 0.441 e. The van der Waals surface area contributed by atoms with Crippen LogP contribution >= 0.6 is 0 Å². The first-order valence-corrected chi connectivity index (χ1v) is 7.59. The molecule has 1 aliphatic carbocycles. The number of fused-ring (bicyclic) bond motifs is 2. The Hall–Kier alpha value is -3.63. The summed E-state index contributed by atoms with van der Waals surface area (Å²) < 4.78 is 5.68. The number of benzene rings is 2. The van der Waals surface area contributed by atoms with E-state index in [0.29, 0.717) is 22.3 Å². The van der Waals surface area contributed by atoms with E-state index in [2.05, 4.69) is 10.0 Å². The lowest BCUT2D eigenvalue weighted by Crippen LogP contribution is -2.31. The van der Waals surface area contributed by atoms with E-state index in [0.717, 1.165) is 0 Å². The van der Waals surface area contributed by atoms with Gasteiger partial charge in [0.2, 0.25) is 0 Å². The summed E-state index contributed by atoms with van der Waals surface area (Å²) in [5.41, 5.74) is 9.63. The van der Waals surface area contributed by atoms with Gasteiger partial charge in [0.1, 0.15) is 5.70 Å². The molecule has 1 unspecified atom stereocenters. The van der Waals surface area contributed by atoms with Crippen molar-refractivity contribution in [1.29, 1.82) is 0 Å². The maximum absolute atomic E-state index is 12.4. The number of carbonyl (C=O) groups is 2. The second-order valence-electron chi connectivity index (χ2n) is 5.65. The third-order valence-corrected chi connectivity index (χ3v) is 4.32. The lowest BCUT2D eigenvalue weighted by Gasteiger charge is -2.32. The molecular weight excluding hydrogens is 318 g/mol. The van der Waals surface area contributed by atoms with Gasteiger partial charge in [0.05, 0.1) is 0 Å². The Morgan fingerprint density at radius 2 is 1.72 bits per heavy atom. The van der Waals surface area contributed by atoms with Gasteiger partial charge in [-0.15, -0.1) is 0 Å². The highest BCUT2D eigenvalue weighted by atomic mass is 16.6. The van der Waals surface area contributed by atoms with Crippen LogP contribution in [0.4, 0.5) is 0 Å². The van der Waals surface area contributed by atoms with Crippen molar-refractivity contribution in [1.82, 2.24) is 0 Å². The van der Waals surface area contributed by atoms with Crippen LogP contribution in [0, 0.1) is 0 Å². The molecule has 1 spiro atoms. The van der Waals surface area contributed by atoms with Crippen LogP contribution in [0.2, 0.25) is 0 Å². The van der Waals surface area contributed by atoms with E-state index in [-0.39, 0.29) is 11.5 Å². The first kappa shape index (κ1) is 14.9. The molecule has 1 aliphatic heterocycles. The zero-order valence-electron chi connectivity index (χ0n) is 12.9. The quantitative estimate of drug-likeness (QED) is 0.362. The van der Waals surface area contributed by atoms with Crippen molar-refractivity contribution in [3.8, 4) is 0 Å². The number of esters is 1. The molecule has 2 aromatic carbocycles. The highest BCUT2D eigenvalue weighted by Gasteiger charge is 2.50. The molecule has 0 aromatic heterocycles. The molecule has 1 atom stereocenters. The number of ether oxygens (including phenoxy) is 1. The van der Waals surface area contributed by atoms with Crippen LogP contribution in [-0.2, 0) is 15.1 Å². The smallest absolute Gasteiger partial charge is 0.342 e. The lowest BCUT2D eigenvalue weighted by molar-refractivity contribution is -0.143. The summed E-state index contributed by atoms with van der Waals surface area (Å²) in [6.07, 6.45) is 2.94. The van der Waals surface area contributed by atoms with Gasteiger partial charge in [-0.1, -0.05) is 59.7 Å². The Bertz CT molecular complexity index is 1020. The second-order valence-corrected chi connectivity index (χ2v) is 5.65. The van der Waals surface area contributed by atoms with E-state index in [1.54, 1.807) is 42.5 Å². The maximum Gasteiger partial charge on any atom is 0.342 e. The highest BCUT2D eigenvalue weighted by molar-refractivity contribution is 6.12. The summed E-state index contributed by atoms with van der Waals surface area (Å²) >= 11 is 0. The normalized spacial score (nSPS) is 21.1. The SMILES string of the molecule is [N-]=[N+]=NC1=C(c2ccccc2)C2(C=CC(=O)c3ccccc32)OC1=O. The Balaban J connectivity index is 2.08. The summed E-state index contributed by atoms with van der Waals surface area (Å²) in [5, 5.41) is 3.57. The third-order valence-electron chi connectivity index (χ3n) is 4.32. The number of hydrogen-bond acceptors (Lipinski definition) is 4. The maximum atomic E-state index is 12.4. The van der Waals surface area contributed by atoms with E-state index in [1.165, 1.54) is 6.08 Å². The van der Waals surface area contributed by atoms with Crippen LogP contribution < -0.4 is 0 Å². The van der Waals surface area contributed by atoms with Crippen molar-refractivity contribution in [2.75, 3.05) is 0 Å². The van der Waals surface area contributed by atoms with Crippen LogP contribution in [-0.4, -0.2) is 11.8 Å². The number of allylic oxidation sites excluding steroid dienone is 1. The summed E-state index contributed by atoms with van der Waals surface area (Å²) in [6, 6.07) is 16.0. The summed E-state index contributed by atoms with van der Waals surface area (Å²) in [6.45, 7) is 0. The van der Waals surface area contributed by atoms with Crippen LogP contribution in [0.3, 0.4) is 0 Å². The third kappa shape index (κ3) is 2.09. The molecule has 0 saturated heterocycles. The number of carbonyl (C=O) groups excluding carboxylic acids is 2. The van der Waals surface area contributed by atoms with E-state index < -0.39 is 11.6 Å². The van der Waals surface area contributed by atoms with Gasteiger partial charge in [-0.25, -0.2) is 4.79 Å². The number of azide groups is 1. The number of ketones is 1. The Labute approximate surface area is 142 Å². The summed E-state index contributed by atoms with van der Waals surface area (Å²) in [7, 11) is 0. The molecule has 2 aromatic rings.